The van der Waals surface area contributed by atoms with E-state index in [4.69, 9.17) is 11.6 Å². The molecule has 1 aliphatic rings. The van der Waals surface area contributed by atoms with Gasteiger partial charge in [-0.1, -0.05) is 17.7 Å². The SMILES string of the molecule is Cc1ccc(NC(=O)C(C)(C)C(=O)N2CCCC2)cc1Cl. The number of anilines is 1. The second kappa shape index (κ2) is 6.06. The van der Waals surface area contributed by atoms with Crippen LogP contribution in [-0.4, -0.2) is 29.8 Å². The Bertz CT molecular complexity index is 563. The summed E-state index contributed by atoms with van der Waals surface area (Å²) < 4.78 is 0. The van der Waals surface area contributed by atoms with Crippen LogP contribution < -0.4 is 5.32 Å². The lowest BCUT2D eigenvalue weighted by Crippen LogP contribution is -2.46. The number of benzene rings is 1. The van der Waals surface area contributed by atoms with Crippen LogP contribution in [0.4, 0.5) is 5.69 Å². The van der Waals surface area contributed by atoms with Crippen molar-refractivity contribution < 1.29 is 9.59 Å². The third-order valence-corrected chi connectivity index (χ3v) is 4.33. The van der Waals surface area contributed by atoms with Gasteiger partial charge in [-0.25, -0.2) is 0 Å². The topological polar surface area (TPSA) is 49.4 Å². The summed E-state index contributed by atoms with van der Waals surface area (Å²) in [7, 11) is 0. The minimum Gasteiger partial charge on any atom is -0.342 e. The molecule has 2 amide bonds. The van der Waals surface area contributed by atoms with Gasteiger partial charge >= 0.3 is 0 Å². The average Bonchev–Trinajstić information content (AvgIpc) is 2.95. The van der Waals surface area contributed by atoms with E-state index in [2.05, 4.69) is 5.32 Å². The third-order valence-electron chi connectivity index (χ3n) is 3.93. The lowest BCUT2D eigenvalue weighted by molar-refractivity contribution is -0.145. The Labute approximate surface area is 130 Å². The summed E-state index contributed by atoms with van der Waals surface area (Å²) in [5.41, 5.74) is 0.474. The summed E-state index contributed by atoms with van der Waals surface area (Å²) in [5.74, 6) is -0.421. The van der Waals surface area contributed by atoms with Gasteiger partial charge in [0.1, 0.15) is 5.41 Å². The number of hydrogen-bond acceptors (Lipinski definition) is 2. The normalized spacial score (nSPS) is 15.1. The van der Waals surface area contributed by atoms with Gasteiger partial charge in [0, 0.05) is 23.8 Å². The first-order valence-electron chi connectivity index (χ1n) is 7.19. The fraction of sp³-hybridized carbons (Fsp3) is 0.500. The maximum atomic E-state index is 12.5. The highest BCUT2D eigenvalue weighted by molar-refractivity contribution is 6.31. The molecule has 1 aliphatic heterocycles. The number of nitrogens with one attached hydrogen (secondary N) is 1. The fourth-order valence-corrected chi connectivity index (χ4v) is 2.55. The summed E-state index contributed by atoms with van der Waals surface area (Å²) in [6.07, 6.45) is 2.02. The second-order valence-corrected chi connectivity index (χ2v) is 6.45. The van der Waals surface area contributed by atoms with Crippen LogP contribution in [0.5, 0.6) is 0 Å². The number of hydrogen-bond donors (Lipinski definition) is 1. The number of amides is 2. The van der Waals surface area contributed by atoms with Crippen molar-refractivity contribution in [3.63, 3.8) is 0 Å². The zero-order valence-electron chi connectivity index (χ0n) is 12.7. The Balaban J connectivity index is 2.10. The van der Waals surface area contributed by atoms with Gasteiger partial charge in [0.05, 0.1) is 0 Å². The molecule has 1 heterocycles. The zero-order valence-corrected chi connectivity index (χ0v) is 13.5. The fourth-order valence-electron chi connectivity index (χ4n) is 2.37. The first kappa shape index (κ1) is 15.8. The molecule has 21 heavy (non-hydrogen) atoms. The summed E-state index contributed by atoms with van der Waals surface area (Å²) in [6.45, 7) is 6.71. The van der Waals surface area contributed by atoms with E-state index in [1.807, 2.05) is 13.0 Å². The molecular formula is C16H21ClN2O2. The molecule has 5 heteroatoms. The molecule has 0 spiro atoms. The molecule has 1 fully saturated rings. The minimum absolute atomic E-state index is 0.115. The van der Waals surface area contributed by atoms with Crippen molar-refractivity contribution in [3.05, 3.63) is 28.8 Å². The van der Waals surface area contributed by atoms with Crippen LogP contribution in [-0.2, 0) is 9.59 Å². The number of likely N-dealkylation sites (tertiary alicyclic amines) is 1. The molecule has 1 saturated heterocycles. The van der Waals surface area contributed by atoms with Crippen LogP contribution in [0.15, 0.2) is 18.2 Å². The predicted molar refractivity (Wildman–Crippen MR) is 84.4 cm³/mol. The Morgan fingerprint density at radius 2 is 1.86 bits per heavy atom. The van der Waals surface area contributed by atoms with E-state index in [1.54, 1.807) is 30.9 Å². The van der Waals surface area contributed by atoms with E-state index in [0.29, 0.717) is 10.7 Å². The van der Waals surface area contributed by atoms with Gasteiger partial charge in [0.25, 0.3) is 0 Å². The van der Waals surface area contributed by atoms with Crippen molar-refractivity contribution >= 4 is 29.1 Å². The smallest absolute Gasteiger partial charge is 0.239 e. The molecule has 1 aromatic carbocycles. The van der Waals surface area contributed by atoms with E-state index in [9.17, 15) is 9.59 Å². The highest BCUT2D eigenvalue weighted by Crippen LogP contribution is 2.26. The largest absolute Gasteiger partial charge is 0.342 e. The van der Waals surface area contributed by atoms with Gasteiger partial charge < -0.3 is 10.2 Å². The maximum Gasteiger partial charge on any atom is 0.239 e. The van der Waals surface area contributed by atoms with Crippen molar-refractivity contribution in [2.24, 2.45) is 5.41 Å². The van der Waals surface area contributed by atoms with Crippen LogP contribution in [0.25, 0.3) is 0 Å². The molecule has 1 N–H and O–H groups in total. The summed E-state index contributed by atoms with van der Waals surface area (Å²) in [5, 5.41) is 3.38. The second-order valence-electron chi connectivity index (χ2n) is 6.04. The number of halogens is 1. The van der Waals surface area contributed by atoms with Crippen LogP contribution in [0.3, 0.4) is 0 Å². The number of carbonyl (C=O) groups excluding carboxylic acids is 2. The molecule has 114 valence electrons. The zero-order chi connectivity index (χ0) is 15.6. The van der Waals surface area contributed by atoms with Crippen LogP contribution in [0, 0.1) is 12.3 Å². The van der Waals surface area contributed by atoms with Gasteiger partial charge in [-0.05, 0) is 51.3 Å². The summed E-state index contributed by atoms with van der Waals surface area (Å²) >= 11 is 6.05. The molecule has 2 rings (SSSR count). The van der Waals surface area contributed by atoms with E-state index in [1.165, 1.54) is 0 Å². The van der Waals surface area contributed by atoms with E-state index < -0.39 is 5.41 Å². The summed E-state index contributed by atoms with van der Waals surface area (Å²) in [6, 6.07) is 5.33. The highest BCUT2D eigenvalue weighted by atomic mass is 35.5. The Morgan fingerprint density at radius 1 is 1.24 bits per heavy atom. The quantitative estimate of drug-likeness (QED) is 0.872. The van der Waals surface area contributed by atoms with E-state index in [0.717, 1.165) is 31.5 Å². The van der Waals surface area contributed by atoms with E-state index >= 15 is 0 Å². The summed E-state index contributed by atoms with van der Waals surface area (Å²) in [4.78, 5) is 26.7. The van der Waals surface area contributed by atoms with Gasteiger partial charge in [0.2, 0.25) is 11.8 Å². The average molecular weight is 309 g/mol. The van der Waals surface area contributed by atoms with Gasteiger partial charge in [-0.15, -0.1) is 0 Å². The maximum absolute atomic E-state index is 12.5. The van der Waals surface area contributed by atoms with Gasteiger partial charge in [-0.2, -0.15) is 0 Å². The van der Waals surface area contributed by atoms with E-state index in [-0.39, 0.29) is 11.8 Å². The molecule has 0 aliphatic carbocycles. The highest BCUT2D eigenvalue weighted by Gasteiger charge is 2.39. The van der Waals surface area contributed by atoms with Crippen molar-refractivity contribution in [2.45, 2.75) is 33.6 Å². The molecule has 1 aromatic rings. The van der Waals surface area contributed by atoms with Crippen LogP contribution >= 0.6 is 11.6 Å². The molecule has 0 aromatic heterocycles. The standard InChI is InChI=1S/C16H21ClN2O2/c1-11-6-7-12(10-13(11)17)18-14(20)16(2,3)15(21)19-8-4-5-9-19/h6-7,10H,4-5,8-9H2,1-3H3,(H,18,20). The van der Waals surface area contributed by atoms with Crippen LogP contribution in [0.1, 0.15) is 32.3 Å². The molecule has 4 nitrogen and oxygen atoms in total. The molecule has 0 saturated carbocycles. The number of nitrogens with zero attached hydrogens (tertiary/aromatic N) is 1. The molecular weight excluding hydrogens is 288 g/mol. The van der Waals surface area contributed by atoms with Gasteiger partial charge in [0.15, 0.2) is 0 Å². The first-order valence-corrected chi connectivity index (χ1v) is 7.57. The van der Waals surface area contributed by atoms with Crippen molar-refractivity contribution in [3.8, 4) is 0 Å². The van der Waals surface area contributed by atoms with Crippen molar-refractivity contribution in [1.82, 2.24) is 4.90 Å². The Hall–Kier alpha value is -1.55. The Kier molecular flexibility index (Phi) is 4.57. The molecule has 0 bridgehead atoms. The number of carbonyl (C=O) groups is 2. The van der Waals surface area contributed by atoms with Gasteiger partial charge in [-0.3, -0.25) is 9.59 Å². The lowest BCUT2D eigenvalue weighted by atomic mass is 9.90. The predicted octanol–water partition coefficient (Wildman–Crippen LogP) is 3.24. The first-order chi connectivity index (χ1) is 9.82. The van der Waals surface area contributed by atoms with Crippen LogP contribution in [0.2, 0.25) is 5.02 Å². The monoisotopic (exact) mass is 308 g/mol. The third kappa shape index (κ3) is 3.38. The number of rotatable bonds is 3. The number of aryl methyl sites for hydroxylation is 1. The molecule has 0 radical (unpaired) electrons. The molecule has 0 atom stereocenters. The Morgan fingerprint density at radius 3 is 2.43 bits per heavy atom. The van der Waals surface area contributed by atoms with Crippen molar-refractivity contribution in [1.29, 1.82) is 0 Å². The minimum atomic E-state index is -1.08. The molecule has 0 unspecified atom stereocenters. The van der Waals surface area contributed by atoms with Crippen molar-refractivity contribution in [2.75, 3.05) is 18.4 Å². The lowest BCUT2D eigenvalue weighted by Gasteiger charge is -2.28.